The molecule has 0 amide bonds. The predicted octanol–water partition coefficient (Wildman–Crippen LogP) is 2.53. The molecule has 1 aromatic carbocycles. The van der Waals surface area contributed by atoms with Gasteiger partial charge in [-0.15, -0.1) is 0 Å². The molecule has 15 heavy (non-hydrogen) atoms. The van der Waals surface area contributed by atoms with Crippen LogP contribution in [0.2, 0.25) is 0 Å². The molecule has 0 bridgehead atoms. The zero-order chi connectivity index (χ0) is 10.3. The van der Waals surface area contributed by atoms with Crippen LogP contribution in [0, 0.1) is 0 Å². The first kappa shape index (κ1) is 9.40. The molecular formula is C12H11N3. The van der Waals surface area contributed by atoms with Crippen LogP contribution in [-0.2, 0) is 0 Å². The Kier molecular flexibility index (Phi) is 3.07. The Hall–Kier alpha value is -2.16. The zero-order valence-electron chi connectivity index (χ0n) is 8.17. The summed E-state index contributed by atoms with van der Waals surface area (Å²) in [4.78, 5) is 3.97. The lowest BCUT2D eigenvalue weighted by atomic mass is 10.2. The summed E-state index contributed by atoms with van der Waals surface area (Å²) in [6.45, 7) is 0. The Bertz CT molecular complexity index is 423. The van der Waals surface area contributed by atoms with Crippen molar-refractivity contribution in [3.8, 4) is 0 Å². The molecule has 0 atom stereocenters. The van der Waals surface area contributed by atoms with Crippen molar-refractivity contribution >= 4 is 11.9 Å². The van der Waals surface area contributed by atoms with Gasteiger partial charge in [-0.1, -0.05) is 30.3 Å². The van der Waals surface area contributed by atoms with Gasteiger partial charge in [0.2, 0.25) is 0 Å². The molecule has 1 heterocycles. The molecule has 0 saturated heterocycles. The second-order valence-corrected chi connectivity index (χ2v) is 3.02. The van der Waals surface area contributed by atoms with Crippen molar-refractivity contribution in [3.05, 3.63) is 60.4 Å². The number of nitrogens with zero attached hydrogens (tertiary/aromatic N) is 2. The van der Waals surface area contributed by atoms with Crippen molar-refractivity contribution in [2.75, 3.05) is 5.43 Å². The maximum atomic E-state index is 4.10. The van der Waals surface area contributed by atoms with Crippen LogP contribution in [0.3, 0.4) is 0 Å². The zero-order valence-corrected chi connectivity index (χ0v) is 8.17. The van der Waals surface area contributed by atoms with Gasteiger partial charge in [0.15, 0.2) is 0 Å². The van der Waals surface area contributed by atoms with Crippen molar-refractivity contribution in [1.29, 1.82) is 0 Å². The Morgan fingerprint density at radius 3 is 2.67 bits per heavy atom. The fourth-order valence-electron chi connectivity index (χ4n) is 1.15. The SMILES string of the molecule is C(=N\Nc1cccnc1)/c1ccccc1. The molecule has 0 spiro atoms. The molecule has 2 aromatic rings. The number of anilines is 1. The molecule has 2 rings (SSSR count). The van der Waals surface area contributed by atoms with Gasteiger partial charge in [0.05, 0.1) is 18.1 Å². The molecule has 0 aliphatic carbocycles. The van der Waals surface area contributed by atoms with E-state index in [4.69, 9.17) is 0 Å². The van der Waals surface area contributed by atoms with E-state index in [1.807, 2.05) is 42.5 Å². The van der Waals surface area contributed by atoms with Crippen LogP contribution in [0.25, 0.3) is 0 Å². The smallest absolute Gasteiger partial charge is 0.0745 e. The summed E-state index contributed by atoms with van der Waals surface area (Å²) in [5.41, 5.74) is 4.84. The van der Waals surface area contributed by atoms with Crippen molar-refractivity contribution in [3.63, 3.8) is 0 Å². The summed E-state index contributed by atoms with van der Waals surface area (Å²) in [6, 6.07) is 13.7. The van der Waals surface area contributed by atoms with Crippen molar-refractivity contribution in [2.45, 2.75) is 0 Å². The van der Waals surface area contributed by atoms with Crippen LogP contribution in [0.5, 0.6) is 0 Å². The van der Waals surface area contributed by atoms with Crippen LogP contribution in [0.15, 0.2) is 60.0 Å². The van der Waals surface area contributed by atoms with Crippen LogP contribution >= 0.6 is 0 Å². The fourth-order valence-corrected chi connectivity index (χ4v) is 1.15. The third kappa shape index (κ3) is 2.91. The number of nitrogens with one attached hydrogen (secondary N) is 1. The van der Waals surface area contributed by atoms with E-state index in [0.717, 1.165) is 11.3 Å². The van der Waals surface area contributed by atoms with Gasteiger partial charge in [0.1, 0.15) is 0 Å². The van der Waals surface area contributed by atoms with Gasteiger partial charge in [-0.05, 0) is 17.7 Å². The van der Waals surface area contributed by atoms with E-state index in [0.29, 0.717) is 0 Å². The average Bonchev–Trinajstić information content (AvgIpc) is 2.32. The van der Waals surface area contributed by atoms with Crippen molar-refractivity contribution in [1.82, 2.24) is 4.98 Å². The van der Waals surface area contributed by atoms with Crippen molar-refractivity contribution < 1.29 is 0 Å². The van der Waals surface area contributed by atoms with Gasteiger partial charge < -0.3 is 0 Å². The maximum absolute atomic E-state index is 4.10. The average molecular weight is 197 g/mol. The summed E-state index contributed by atoms with van der Waals surface area (Å²) in [5.74, 6) is 0. The topological polar surface area (TPSA) is 37.3 Å². The van der Waals surface area contributed by atoms with E-state index in [2.05, 4.69) is 15.5 Å². The van der Waals surface area contributed by atoms with E-state index >= 15 is 0 Å². The minimum Gasteiger partial charge on any atom is -0.277 e. The lowest BCUT2D eigenvalue weighted by Crippen LogP contribution is -1.90. The van der Waals surface area contributed by atoms with Gasteiger partial charge >= 0.3 is 0 Å². The normalized spacial score (nSPS) is 10.4. The Morgan fingerprint density at radius 1 is 1.07 bits per heavy atom. The Balaban J connectivity index is 1.97. The number of benzene rings is 1. The summed E-state index contributed by atoms with van der Waals surface area (Å²) in [7, 11) is 0. The number of hydrazone groups is 1. The molecule has 0 aliphatic heterocycles. The molecule has 1 N–H and O–H groups in total. The highest BCUT2D eigenvalue weighted by Gasteiger charge is 1.86. The largest absolute Gasteiger partial charge is 0.277 e. The number of rotatable bonds is 3. The fraction of sp³-hybridized carbons (Fsp3) is 0. The lowest BCUT2D eigenvalue weighted by Gasteiger charge is -1.97. The molecule has 0 fully saturated rings. The lowest BCUT2D eigenvalue weighted by molar-refractivity contribution is 1.27. The number of hydrogen-bond donors (Lipinski definition) is 1. The molecule has 0 unspecified atom stereocenters. The van der Waals surface area contributed by atoms with Crippen LogP contribution in [0.1, 0.15) is 5.56 Å². The van der Waals surface area contributed by atoms with E-state index in [1.54, 1.807) is 18.6 Å². The third-order valence-corrected chi connectivity index (χ3v) is 1.87. The van der Waals surface area contributed by atoms with Gasteiger partial charge in [0, 0.05) is 6.20 Å². The summed E-state index contributed by atoms with van der Waals surface area (Å²) in [5, 5.41) is 4.10. The van der Waals surface area contributed by atoms with E-state index < -0.39 is 0 Å². The molecule has 0 aliphatic rings. The minimum absolute atomic E-state index is 0.879. The highest BCUT2D eigenvalue weighted by atomic mass is 15.3. The standard InChI is InChI=1S/C12H11N3/c1-2-5-11(6-3-1)9-14-15-12-7-4-8-13-10-12/h1-10,15H/b14-9+. The first-order valence-electron chi connectivity index (χ1n) is 4.69. The molecule has 0 radical (unpaired) electrons. The highest BCUT2D eigenvalue weighted by Crippen LogP contribution is 2.02. The summed E-state index contributed by atoms with van der Waals surface area (Å²) in [6.07, 6.45) is 5.22. The first-order chi connectivity index (χ1) is 7.45. The summed E-state index contributed by atoms with van der Waals surface area (Å²) < 4.78 is 0. The first-order valence-corrected chi connectivity index (χ1v) is 4.69. The quantitative estimate of drug-likeness (QED) is 0.606. The molecule has 0 saturated carbocycles. The van der Waals surface area contributed by atoms with Crippen LogP contribution < -0.4 is 5.43 Å². The third-order valence-electron chi connectivity index (χ3n) is 1.87. The molecule has 1 aromatic heterocycles. The van der Waals surface area contributed by atoms with E-state index in [-0.39, 0.29) is 0 Å². The second kappa shape index (κ2) is 4.91. The predicted molar refractivity (Wildman–Crippen MR) is 61.9 cm³/mol. The van der Waals surface area contributed by atoms with E-state index in [1.165, 1.54) is 0 Å². The summed E-state index contributed by atoms with van der Waals surface area (Å²) >= 11 is 0. The monoisotopic (exact) mass is 197 g/mol. The van der Waals surface area contributed by atoms with Crippen LogP contribution in [0.4, 0.5) is 5.69 Å². The Labute approximate surface area is 88.5 Å². The maximum Gasteiger partial charge on any atom is 0.0745 e. The second-order valence-electron chi connectivity index (χ2n) is 3.02. The number of aromatic nitrogens is 1. The minimum atomic E-state index is 0.879. The molecule has 74 valence electrons. The Morgan fingerprint density at radius 2 is 1.93 bits per heavy atom. The number of hydrogen-bond acceptors (Lipinski definition) is 3. The van der Waals surface area contributed by atoms with Gasteiger partial charge in [-0.25, -0.2) is 0 Å². The molecular weight excluding hydrogens is 186 g/mol. The van der Waals surface area contributed by atoms with E-state index in [9.17, 15) is 0 Å². The van der Waals surface area contributed by atoms with Crippen molar-refractivity contribution in [2.24, 2.45) is 5.10 Å². The number of pyridine rings is 1. The highest BCUT2D eigenvalue weighted by molar-refractivity contribution is 5.79. The molecule has 3 heteroatoms. The van der Waals surface area contributed by atoms with Gasteiger partial charge in [-0.3, -0.25) is 10.4 Å². The molecule has 3 nitrogen and oxygen atoms in total. The van der Waals surface area contributed by atoms with Gasteiger partial charge in [-0.2, -0.15) is 5.10 Å². The van der Waals surface area contributed by atoms with Gasteiger partial charge in [0.25, 0.3) is 0 Å². The van der Waals surface area contributed by atoms with Crippen LogP contribution in [-0.4, -0.2) is 11.2 Å².